The van der Waals surface area contributed by atoms with Gasteiger partial charge in [0.1, 0.15) is 16.6 Å². The number of halogens is 3. The number of aromatic hydroxyl groups is 1. The minimum atomic E-state index is -0.665. The summed E-state index contributed by atoms with van der Waals surface area (Å²) in [6, 6.07) is 2.74. The van der Waals surface area contributed by atoms with Crippen molar-refractivity contribution in [1.29, 1.82) is 0 Å². The number of hydrogen-bond acceptors (Lipinski definition) is 3. The number of aliphatic imine (C=N–C) groups is 1. The van der Waals surface area contributed by atoms with Crippen LogP contribution in [0.3, 0.4) is 0 Å². The molecule has 0 radical (unpaired) electrons. The number of phenolic OH excluding ortho intramolecular Hbond substituents is 1. The highest BCUT2D eigenvalue weighted by Crippen LogP contribution is 2.33. The zero-order chi connectivity index (χ0) is 15.7. The molecule has 1 aliphatic rings. The highest BCUT2D eigenvalue weighted by molar-refractivity contribution is 6.33. The predicted molar refractivity (Wildman–Crippen MR) is 89.5 cm³/mol. The maximum Gasteiger partial charge on any atom is 0.212 e. The first-order valence-corrected chi connectivity index (χ1v) is 7.05. The van der Waals surface area contributed by atoms with Gasteiger partial charge in [-0.05, 0) is 26.0 Å². The number of hydrazone groups is 1. The average Bonchev–Trinajstić information content (AvgIpc) is 2.78. The normalized spacial score (nSPS) is 18.5. The summed E-state index contributed by atoms with van der Waals surface area (Å²) in [5, 5.41) is 15.6. The summed E-state index contributed by atoms with van der Waals surface area (Å²) in [7, 11) is 0. The Labute approximate surface area is 140 Å². The number of guanidine groups is 1. The van der Waals surface area contributed by atoms with Crippen LogP contribution in [-0.4, -0.2) is 34.4 Å². The average molecular weight is 349 g/mol. The molecule has 2 rings (SSSR count). The smallest absolute Gasteiger partial charge is 0.212 e. The van der Waals surface area contributed by atoms with Crippen molar-refractivity contribution in [2.45, 2.75) is 26.8 Å². The van der Waals surface area contributed by atoms with Crippen molar-refractivity contribution < 1.29 is 9.50 Å². The zero-order valence-electron chi connectivity index (χ0n) is 12.5. The second-order valence-electron chi connectivity index (χ2n) is 5.31. The fourth-order valence-corrected chi connectivity index (χ4v) is 2.32. The van der Waals surface area contributed by atoms with Crippen molar-refractivity contribution >= 4 is 35.7 Å². The third-order valence-corrected chi connectivity index (χ3v) is 3.50. The molecule has 5 nitrogen and oxygen atoms in total. The number of phenols is 1. The highest BCUT2D eigenvalue weighted by Gasteiger charge is 2.28. The van der Waals surface area contributed by atoms with Gasteiger partial charge in [-0.25, -0.2) is 14.4 Å². The van der Waals surface area contributed by atoms with E-state index < -0.39 is 5.82 Å². The Bertz CT molecular complexity index is 619. The summed E-state index contributed by atoms with van der Waals surface area (Å²) in [6.07, 6.45) is 0. The summed E-state index contributed by atoms with van der Waals surface area (Å²) in [4.78, 5) is 4.24. The summed E-state index contributed by atoms with van der Waals surface area (Å²) in [5.41, 5.74) is 6.91. The minimum absolute atomic E-state index is 0. The van der Waals surface area contributed by atoms with Crippen LogP contribution >= 0.6 is 24.0 Å². The lowest BCUT2D eigenvalue weighted by atomic mass is 9.98. The lowest BCUT2D eigenvalue weighted by Gasteiger charge is -2.13. The standard InChI is InChI=1S/C14H18ClFN4O.ClH/c1-7(2)18-14(17)20-6-8(3)12(19-20)9-4-5-10(16)11(15)13(9)21;/h4-5,7-8,21H,6H2,1-3H3,(H2,17,18);1H/t8-;/m1./s1. The van der Waals surface area contributed by atoms with Crippen LogP contribution < -0.4 is 5.73 Å². The molecular weight excluding hydrogens is 330 g/mol. The highest BCUT2D eigenvalue weighted by atomic mass is 35.5. The van der Waals surface area contributed by atoms with Crippen LogP contribution in [0.5, 0.6) is 5.75 Å². The molecule has 3 N–H and O–H groups in total. The van der Waals surface area contributed by atoms with Gasteiger partial charge in [-0.2, -0.15) is 5.10 Å². The topological polar surface area (TPSA) is 74.2 Å². The molecule has 0 amide bonds. The Kier molecular flexibility index (Phi) is 6.02. The van der Waals surface area contributed by atoms with Crippen molar-refractivity contribution in [1.82, 2.24) is 5.01 Å². The lowest BCUT2D eigenvalue weighted by molar-refractivity contribution is 0.447. The van der Waals surface area contributed by atoms with Gasteiger partial charge in [0, 0.05) is 17.5 Å². The van der Waals surface area contributed by atoms with Gasteiger partial charge in [0.15, 0.2) is 0 Å². The molecule has 0 saturated heterocycles. The molecule has 0 aromatic heterocycles. The quantitative estimate of drug-likeness (QED) is 0.637. The Morgan fingerprint density at radius 1 is 1.55 bits per heavy atom. The molecule has 0 spiro atoms. The molecule has 122 valence electrons. The van der Waals surface area contributed by atoms with Gasteiger partial charge in [-0.1, -0.05) is 18.5 Å². The minimum Gasteiger partial charge on any atom is -0.506 e. The molecule has 8 heteroatoms. The Balaban J connectivity index is 0.00000242. The maximum atomic E-state index is 13.3. The van der Waals surface area contributed by atoms with Crippen molar-refractivity contribution in [2.75, 3.05) is 6.54 Å². The number of rotatable bonds is 2. The molecule has 0 aliphatic carbocycles. The van der Waals surface area contributed by atoms with E-state index in [0.717, 1.165) is 0 Å². The van der Waals surface area contributed by atoms with E-state index in [-0.39, 0.29) is 35.1 Å². The molecule has 1 aromatic carbocycles. The lowest BCUT2D eigenvalue weighted by Crippen LogP contribution is -2.33. The Morgan fingerprint density at radius 3 is 2.77 bits per heavy atom. The summed E-state index contributed by atoms with van der Waals surface area (Å²) in [5.74, 6) is -0.636. The van der Waals surface area contributed by atoms with Crippen LogP contribution in [-0.2, 0) is 0 Å². The van der Waals surface area contributed by atoms with E-state index in [2.05, 4.69) is 10.1 Å². The summed E-state index contributed by atoms with van der Waals surface area (Å²) >= 11 is 5.73. The molecular formula is C14H19Cl2FN4O. The molecule has 1 atom stereocenters. The van der Waals surface area contributed by atoms with Crippen LogP contribution in [0, 0.1) is 11.7 Å². The molecule has 0 bridgehead atoms. The molecule has 0 fully saturated rings. The molecule has 1 aromatic rings. The van der Waals surface area contributed by atoms with E-state index in [1.807, 2.05) is 20.8 Å². The van der Waals surface area contributed by atoms with E-state index in [1.165, 1.54) is 12.1 Å². The van der Waals surface area contributed by atoms with Gasteiger partial charge in [0.2, 0.25) is 5.96 Å². The third kappa shape index (κ3) is 3.62. The second kappa shape index (κ2) is 7.15. The predicted octanol–water partition coefficient (Wildman–Crippen LogP) is 2.99. The SMILES string of the molecule is CC(C)N=C(N)N1C[C@@H](C)C(c2ccc(F)c(Cl)c2O)=N1.Cl. The van der Waals surface area contributed by atoms with Gasteiger partial charge in [-0.15, -0.1) is 12.4 Å². The van der Waals surface area contributed by atoms with E-state index in [4.69, 9.17) is 17.3 Å². The van der Waals surface area contributed by atoms with E-state index in [9.17, 15) is 9.50 Å². The van der Waals surface area contributed by atoms with Gasteiger partial charge < -0.3 is 10.8 Å². The van der Waals surface area contributed by atoms with Gasteiger partial charge >= 0.3 is 0 Å². The maximum absolute atomic E-state index is 13.3. The molecule has 0 saturated carbocycles. The largest absolute Gasteiger partial charge is 0.506 e. The van der Waals surface area contributed by atoms with Crippen LogP contribution in [0.4, 0.5) is 4.39 Å². The molecule has 1 aliphatic heterocycles. The van der Waals surface area contributed by atoms with Crippen LogP contribution in [0.15, 0.2) is 22.2 Å². The zero-order valence-corrected chi connectivity index (χ0v) is 14.1. The van der Waals surface area contributed by atoms with Gasteiger partial charge in [-0.3, -0.25) is 0 Å². The van der Waals surface area contributed by atoms with E-state index in [0.29, 0.717) is 23.8 Å². The van der Waals surface area contributed by atoms with E-state index >= 15 is 0 Å². The molecule has 0 unspecified atom stereocenters. The van der Waals surface area contributed by atoms with Crippen LogP contribution in [0.2, 0.25) is 5.02 Å². The number of nitrogens with two attached hydrogens (primary N) is 1. The monoisotopic (exact) mass is 348 g/mol. The molecule has 22 heavy (non-hydrogen) atoms. The fraction of sp³-hybridized carbons (Fsp3) is 0.429. The third-order valence-electron chi connectivity index (χ3n) is 3.14. The van der Waals surface area contributed by atoms with Crippen LogP contribution in [0.25, 0.3) is 0 Å². The number of benzene rings is 1. The first-order valence-electron chi connectivity index (χ1n) is 6.68. The van der Waals surface area contributed by atoms with Crippen molar-refractivity contribution in [3.05, 3.63) is 28.5 Å². The number of nitrogens with zero attached hydrogens (tertiary/aromatic N) is 3. The van der Waals surface area contributed by atoms with Crippen molar-refractivity contribution in [2.24, 2.45) is 21.7 Å². The number of hydrogen-bond donors (Lipinski definition) is 2. The van der Waals surface area contributed by atoms with Crippen LogP contribution in [0.1, 0.15) is 26.3 Å². The first-order chi connectivity index (χ1) is 9.81. The van der Waals surface area contributed by atoms with Gasteiger partial charge in [0.25, 0.3) is 0 Å². The van der Waals surface area contributed by atoms with Gasteiger partial charge in [0.05, 0.1) is 12.3 Å². The Morgan fingerprint density at radius 2 is 2.18 bits per heavy atom. The van der Waals surface area contributed by atoms with E-state index in [1.54, 1.807) is 5.01 Å². The molecule has 1 heterocycles. The second-order valence-corrected chi connectivity index (χ2v) is 5.68. The van der Waals surface area contributed by atoms with Crippen molar-refractivity contribution in [3.8, 4) is 5.75 Å². The first kappa shape index (κ1) is 18.5. The summed E-state index contributed by atoms with van der Waals surface area (Å²) < 4.78 is 13.3. The Hall–Kier alpha value is -1.53. The van der Waals surface area contributed by atoms with Crippen molar-refractivity contribution in [3.63, 3.8) is 0 Å². The summed E-state index contributed by atoms with van der Waals surface area (Å²) in [6.45, 7) is 6.33. The fourth-order valence-electron chi connectivity index (χ4n) is 2.16.